The molecule has 0 atom stereocenters. The van der Waals surface area contributed by atoms with Crippen LogP contribution in [0.4, 0.5) is 16.2 Å². The van der Waals surface area contributed by atoms with Crippen molar-refractivity contribution in [1.29, 1.82) is 0 Å². The molecule has 0 radical (unpaired) electrons. The molecular formula is C16H18N4O6. The van der Waals surface area contributed by atoms with Gasteiger partial charge in [0.2, 0.25) is 11.8 Å². The minimum Gasteiger partial charge on any atom is -0.494 e. The van der Waals surface area contributed by atoms with Crippen LogP contribution in [0.2, 0.25) is 0 Å². The van der Waals surface area contributed by atoms with Gasteiger partial charge in [-0.3, -0.25) is 34.5 Å². The van der Waals surface area contributed by atoms with Crippen molar-refractivity contribution in [2.24, 2.45) is 10.9 Å². The number of methoxy groups -OCH3 is 1. The summed E-state index contributed by atoms with van der Waals surface area (Å²) in [6.07, 6.45) is 1.13. The highest BCUT2D eigenvalue weighted by Gasteiger charge is 2.43. The third-order valence-electron chi connectivity index (χ3n) is 3.90. The average molecular weight is 362 g/mol. The van der Waals surface area contributed by atoms with Gasteiger partial charge in [0.1, 0.15) is 5.69 Å². The van der Waals surface area contributed by atoms with Crippen molar-refractivity contribution in [1.82, 2.24) is 9.80 Å². The highest BCUT2D eigenvalue weighted by molar-refractivity contribution is 6.23. The molecule has 2 rings (SSSR count). The Balaban J connectivity index is 2.36. The van der Waals surface area contributed by atoms with Crippen molar-refractivity contribution in [3.05, 3.63) is 28.3 Å². The standard InChI is InChI=1S/C16H18N4O6/c1-4-18-14(21)11(15(22)19(5-2)16(18)23)9-17-12-7-6-10(20(24)25)8-13(12)26-3/h6-9,11H,4-5H2,1-3H3. The second-order valence-electron chi connectivity index (χ2n) is 5.32. The third-order valence-corrected chi connectivity index (χ3v) is 3.90. The van der Waals surface area contributed by atoms with Gasteiger partial charge in [-0.2, -0.15) is 0 Å². The molecule has 1 fully saturated rings. The van der Waals surface area contributed by atoms with E-state index in [2.05, 4.69) is 4.99 Å². The normalized spacial score (nSPS) is 15.9. The first-order valence-corrected chi connectivity index (χ1v) is 7.89. The molecule has 1 aliphatic heterocycles. The van der Waals surface area contributed by atoms with E-state index in [1.165, 1.54) is 25.3 Å². The second kappa shape index (κ2) is 7.72. The molecule has 1 aliphatic rings. The number of ether oxygens (including phenoxy) is 1. The van der Waals surface area contributed by atoms with Gasteiger partial charge >= 0.3 is 6.03 Å². The molecule has 4 amide bonds. The quantitative estimate of drug-likeness (QED) is 0.329. The molecular weight excluding hydrogens is 344 g/mol. The summed E-state index contributed by atoms with van der Waals surface area (Å²) in [5, 5.41) is 10.8. The zero-order chi connectivity index (χ0) is 19.4. The first kappa shape index (κ1) is 19.0. The lowest BCUT2D eigenvalue weighted by Crippen LogP contribution is -2.59. The Bertz CT molecular complexity index is 765. The van der Waals surface area contributed by atoms with Crippen LogP contribution in [0.3, 0.4) is 0 Å². The molecule has 0 spiro atoms. The predicted molar refractivity (Wildman–Crippen MR) is 91.5 cm³/mol. The Labute approximate surface area is 149 Å². The highest BCUT2D eigenvalue weighted by atomic mass is 16.6. The van der Waals surface area contributed by atoms with Crippen LogP contribution >= 0.6 is 0 Å². The summed E-state index contributed by atoms with van der Waals surface area (Å²) in [7, 11) is 1.32. The summed E-state index contributed by atoms with van der Waals surface area (Å²) in [4.78, 5) is 53.2. The number of hydrogen-bond acceptors (Lipinski definition) is 7. The summed E-state index contributed by atoms with van der Waals surface area (Å²) in [6, 6.07) is 3.13. The molecule has 0 bridgehead atoms. The molecule has 0 unspecified atom stereocenters. The summed E-state index contributed by atoms with van der Waals surface area (Å²) >= 11 is 0. The first-order valence-electron chi connectivity index (χ1n) is 7.89. The fraction of sp³-hybridized carbons (Fsp3) is 0.375. The van der Waals surface area contributed by atoms with Gasteiger partial charge in [-0.15, -0.1) is 0 Å². The number of carbonyl (C=O) groups excluding carboxylic acids is 3. The molecule has 1 aromatic rings. The number of hydrogen-bond donors (Lipinski definition) is 0. The minimum absolute atomic E-state index is 0.127. The number of imide groups is 2. The van der Waals surface area contributed by atoms with Gasteiger partial charge in [0.05, 0.1) is 18.1 Å². The van der Waals surface area contributed by atoms with Crippen molar-refractivity contribution in [2.45, 2.75) is 13.8 Å². The van der Waals surface area contributed by atoms with E-state index >= 15 is 0 Å². The number of carbonyl (C=O) groups is 3. The molecule has 26 heavy (non-hydrogen) atoms. The molecule has 1 saturated heterocycles. The topological polar surface area (TPSA) is 122 Å². The van der Waals surface area contributed by atoms with Crippen LogP contribution in [0.25, 0.3) is 0 Å². The van der Waals surface area contributed by atoms with Crippen LogP contribution in [0.5, 0.6) is 5.75 Å². The van der Waals surface area contributed by atoms with Gasteiger partial charge in [0, 0.05) is 25.4 Å². The van der Waals surface area contributed by atoms with Crippen molar-refractivity contribution in [3.63, 3.8) is 0 Å². The van der Waals surface area contributed by atoms with Crippen molar-refractivity contribution in [3.8, 4) is 5.75 Å². The van der Waals surface area contributed by atoms with E-state index in [0.717, 1.165) is 16.0 Å². The van der Waals surface area contributed by atoms with Crippen LogP contribution in [-0.4, -0.2) is 59.0 Å². The first-order chi connectivity index (χ1) is 12.3. The molecule has 0 aromatic heterocycles. The monoisotopic (exact) mass is 362 g/mol. The lowest BCUT2D eigenvalue weighted by molar-refractivity contribution is -0.384. The molecule has 1 heterocycles. The van der Waals surface area contributed by atoms with Gasteiger partial charge in [-0.1, -0.05) is 0 Å². The molecule has 0 saturated carbocycles. The number of barbiturate groups is 1. The zero-order valence-corrected chi connectivity index (χ0v) is 14.5. The summed E-state index contributed by atoms with van der Waals surface area (Å²) in [6.45, 7) is 3.53. The van der Waals surface area contributed by atoms with Gasteiger partial charge in [-0.05, 0) is 19.9 Å². The van der Waals surface area contributed by atoms with E-state index in [-0.39, 0.29) is 30.2 Å². The molecule has 1 aromatic carbocycles. The van der Waals surface area contributed by atoms with Crippen LogP contribution in [0.1, 0.15) is 13.8 Å². The highest BCUT2D eigenvalue weighted by Crippen LogP contribution is 2.31. The maximum Gasteiger partial charge on any atom is 0.333 e. The van der Waals surface area contributed by atoms with Gasteiger partial charge in [0.25, 0.3) is 5.69 Å². The SMILES string of the molecule is CCN1C(=O)C(C=Nc2ccc([N+](=O)[O-])cc2OC)C(=O)N(CC)C1=O. The third kappa shape index (κ3) is 3.39. The van der Waals surface area contributed by atoms with E-state index in [0.29, 0.717) is 0 Å². The minimum atomic E-state index is -1.24. The van der Waals surface area contributed by atoms with Crippen LogP contribution in [-0.2, 0) is 9.59 Å². The number of benzene rings is 1. The summed E-state index contributed by atoms with van der Waals surface area (Å²) in [5.41, 5.74) is 0.0484. The molecule has 138 valence electrons. The largest absolute Gasteiger partial charge is 0.494 e. The fourth-order valence-corrected chi connectivity index (χ4v) is 2.53. The summed E-state index contributed by atoms with van der Waals surface area (Å²) < 4.78 is 5.07. The van der Waals surface area contributed by atoms with Crippen LogP contribution in [0.15, 0.2) is 23.2 Å². The van der Waals surface area contributed by atoms with Crippen molar-refractivity contribution >= 4 is 35.4 Å². The van der Waals surface area contributed by atoms with E-state index in [1.807, 2.05) is 0 Å². The van der Waals surface area contributed by atoms with E-state index in [9.17, 15) is 24.5 Å². The predicted octanol–water partition coefficient (Wildman–Crippen LogP) is 1.75. The van der Waals surface area contributed by atoms with Crippen LogP contribution in [0, 0.1) is 16.0 Å². The number of nitrogens with zero attached hydrogens (tertiary/aromatic N) is 4. The lowest BCUT2D eigenvalue weighted by Gasteiger charge is -2.34. The lowest BCUT2D eigenvalue weighted by atomic mass is 10.0. The summed E-state index contributed by atoms with van der Waals surface area (Å²) in [5.74, 6) is -2.43. The molecule has 0 aliphatic carbocycles. The Kier molecular flexibility index (Phi) is 5.65. The Morgan fingerprint density at radius 3 is 2.23 bits per heavy atom. The number of aliphatic imine (C=N–C) groups is 1. The van der Waals surface area contributed by atoms with Crippen molar-refractivity contribution in [2.75, 3.05) is 20.2 Å². The maximum atomic E-state index is 12.4. The van der Waals surface area contributed by atoms with Gasteiger partial charge in [0.15, 0.2) is 11.7 Å². The Hall–Kier alpha value is -3.30. The molecule has 10 heteroatoms. The number of amides is 4. The zero-order valence-electron chi connectivity index (χ0n) is 14.5. The second-order valence-corrected chi connectivity index (χ2v) is 5.32. The van der Waals surface area contributed by atoms with Gasteiger partial charge < -0.3 is 4.74 Å². The molecule has 0 N–H and O–H groups in total. The number of non-ortho nitro benzene ring substituents is 1. The van der Waals surface area contributed by atoms with E-state index in [4.69, 9.17) is 4.74 Å². The maximum absolute atomic E-state index is 12.4. The number of rotatable bonds is 6. The number of nitro groups is 1. The van der Waals surface area contributed by atoms with Crippen molar-refractivity contribution < 1.29 is 24.0 Å². The Morgan fingerprint density at radius 2 is 1.77 bits per heavy atom. The smallest absolute Gasteiger partial charge is 0.333 e. The van der Waals surface area contributed by atoms with E-state index < -0.39 is 28.7 Å². The van der Waals surface area contributed by atoms with Gasteiger partial charge in [-0.25, -0.2) is 4.79 Å². The number of urea groups is 1. The number of nitro benzene ring substituents is 1. The fourth-order valence-electron chi connectivity index (χ4n) is 2.53. The Morgan fingerprint density at radius 1 is 1.19 bits per heavy atom. The average Bonchev–Trinajstić information content (AvgIpc) is 2.62. The van der Waals surface area contributed by atoms with E-state index in [1.54, 1.807) is 13.8 Å². The van der Waals surface area contributed by atoms with Crippen LogP contribution < -0.4 is 4.74 Å². The molecule has 10 nitrogen and oxygen atoms in total.